The summed E-state index contributed by atoms with van der Waals surface area (Å²) in [6.07, 6.45) is 1.70. The Balaban J connectivity index is 2.55. The summed E-state index contributed by atoms with van der Waals surface area (Å²) in [6.45, 7) is 0. The number of hydrogen-bond donors (Lipinski definition) is 1. The van der Waals surface area contributed by atoms with E-state index in [9.17, 15) is 0 Å². The molecule has 2 rings (SSSR count). The summed E-state index contributed by atoms with van der Waals surface area (Å²) in [5, 5.41) is 1.06. The van der Waals surface area contributed by atoms with Crippen LogP contribution in [0.25, 0.3) is 11.3 Å². The van der Waals surface area contributed by atoms with Crippen LogP contribution in [0.4, 0.5) is 5.95 Å². The van der Waals surface area contributed by atoms with Gasteiger partial charge < -0.3 is 10.3 Å². The summed E-state index contributed by atoms with van der Waals surface area (Å²) in [6, 6.07) is 5.42. The first-order chi connectivity index (χ1) is 7.09. The molecule has 0 aliphatic rings. The third-order valence-electron chi connectivity index (χ3n) is 2.24. The molecule has 0 aliphatic carbocycles. The highest BCUT2D eigenvalue weighted by atomic mass is 35.5. The Morgan fingerprint density at radius 2 is 2.00 bits per heavy atom. The number of nitrogen functional groups attached to an aromatic ring is 1. The Morgan fingerprint density at radius 1 is 1.27 bits per heavy atom. The Bertz CT molecular complexity index is 505. The molecule has 5 heteroatoms. The second-order valence-corrected chi connectivity index (χ2v) is 4.00. The number of halogens is 2. The van der Waals surface area contributed by atoms with E-state index < -0.39 is 0 Å². The number of hydrogen-bond acceptors (Lipinski definition) is 2. The molecule has 0 fully saturated rings. The largest absolute Gasteiger partial charge is 0.369 e. The molecule has 1 aromatic carbocycles. The summed E-state index contributed by atoms with van der Waals surface area (Å²) < 4.78 is 1.79. The molecule has 0 saturated heterocycles. The molecule has 2 N–H and O–H groups in total. The van der Waals surface area contributed by atoms with Crippen LogP contribution in [-0.4, -0.2) is 9.55 Å². The molecule has 0 amide bonds. The maximum absolute atomic E-state index is 5.93. The van der Waals surface area contributed by atoms with Gasteiger partial charge in [0.05, 0.1) is 21.9 Å². The topological polar surface area (TPSA) is 43.8 Å². The van der Waals surface area contributed by atoms with E-state index in [1.165, 1.54) is 0 Å². The molecule has 0 unspecified atom stereocenters. The van der Waals surface area contributed by atoms with Crippen LogP contribution in [0.5, 0.6) is 0 Å². The van der Waals surface area contributed by atoms with E-state index in [2.05, 4.69) is 4.98 Å². The van der Waals surface area contributed by atoms with Crippen LogP contribution in [0, 0.1) is 0 Å². The van der Waals surface area contributed by atoms with Crippen LogP contribution in [-0.2, 0) is 7.05 Å². The maximum Gasteiger partial charge on any atom is 0.200 e. The summed E-state index contributed by atoms with van der Waals surface area (Å²) in [5.41, 5.74) is 7.49. The van der Waals surface area contributed by atoms with E-state index in [-0.39, 0.29) is 0 Å². The third-order valence-corrected chi connectivity index (χ3v) is 2.98. The van der Waals surface area contributed by atoms with Crippen LogP contribution in [0.2, 0.25) is 10.0 Å². The Labute approximate surface area is 97.4 Å². The number of nitrogens with zero attached hydrogens (tertiary/aromatic N) is 2. The molecule has 1 aromatic heterocycles. The maximum atomic E-state index is 5.93. The number of aromatic nitrogens is 2. The van der Waals surface area contributed by atoms with E-state index in [1.54, 1.807) is 22.9 Å². The molecule has 0 radical (unpaired) electrons. The number of nitrogens with two attached hydrogens (primary N) is 1. The fourth-order valence-electron chi connectivity index (χ4n) is 1.35. The molecule has 0 aliphatic heterocycles. The van der Waals surface area contributed by atoms with E-state index in [4.69, 9.17) is 28.9 Å². The standard InChI is InChI=1S/C10H9Cl2N3/c1-15-9(5-14-10(15)13)6-2-3-7(11)8(12)4-6/h2-5H,1H3,(H2,13,14). The van der Waals surface area contributed by atoms with Crippen molar-refractivity contribution in [1.29, 1.82) is 0 Å². The van der Waals surface area contributed by atoms with Gasteiger partial charge in [-0.05, 0) is 12.1 Å². The van der Waals surface area contributed by atoms with Crippen LogP contribution in [0.15, 0.2) is 24.4 Å². The predicted molar refractivity (Wildman–Crippen MR) is 63.1 cm³/mol. The molecule has 0 spiro atoms. The van der Waals surface area contributed by atoms with Gasteiger partial charge in [-0.3, -0.25) is 0 Å². The number of benzene rings is 1. The average Bonchev–Trinajstić information content (AvgIpc) is 2.53. The first-order valence-electron chi connectivity index (χ1n) is 4.32. The highest BCUT2D eigenvalue weighted by Gasteiger charge is 2.07. The van der Waals surface area contributed by atoms with Gasteiger partial charge in [0.2, 0.25) is 0 Å². The quantitative estimate of drug-likeness (QED) is 0.835. The van der Waals surface area contributed by atoms with Crippen molar-refractivity contribution in [1.82, 2.24) is 9.55 Å². The van der Waals surface area contributed by atoms with Crippen LogP contribution >= 0.6 is 23.2 Å². The Hall–Kier alpha value is -1.19. The molecule has 0 saturated carbocycles. The lowest BCUT2D eigenvalue weighted by atomic mass is 10.2. The van der Waals surface area contributed by atoms with Crippen molar-refractivity contribution in [2.24, 2.45) is 7.05 Å². The lowest BCUT2D eigenvalue weighted by molar-refractivity contribution is 0.938. The predicted octanol–water partition coefficient (Wildman–Crippen LogP) is 2.98. The van der Waals surface area contributed by atoms with E-state index >= 15 is 0 Å². The highest BCUT2D eigenvalue weighted by Crippen LogP contribution is 2.28. The zero-order chi connectivity index (χ0) is 11.0. The van der Waals surface area contributed by atoms with Gasteiger partial charge in [0.15, 0.2) is 5.95 Å². The number of rotatable bonds is 1. The molecular weight excluding hydrogens is 233 g/mol. The smallest absolute Gasteiger partial charge is 0.200 e. The van der Waals surface area contributed by atoms with Crippen molar-refractivity contribution < 1.29 is 0 Å². The number of anilines is 1. The van der Waals surface area contributed by atoms with Crippen LogP contribution < -0.4 is 5.73 Å². The summed E-state index contributed by atoms with van der Waals surface area (Å²) in [4.78, 5) is 4.01. The van der Waals surface area contributed by atoms with Gasteiger partial charge in [-0.25, -0.2) is 4.98 Å². The van der Waals surface area contributed by atoms with Crippen molar-refractivity contribution in [3.05, 3.63) is 34.4 Å². The first kappa shape index (κ1) is 10.3. The zero-order valence-corrected chi connectivity index (χ0v) is 9.55. The van der Waals surface area contributed by atoms with Gasteiger partial charge in [-0.15, -0.1) is 0 Å². The minimum Gasteiger partial charge on any atom is -0.369 e. The lowest BCUT2D eigenvalue weighted by Gasteiger charge is -2.04. The molecule has 15 heavy (non-hydrogen) atoms. The summed E-state index contributed by atoms with van der Waals surface area (Å²) in [5.74, 6) is 0.469. The molecule has 0 bridgehead atoms. The minimum atomic E-state index is 0.469. The number of imidazole rings is 1. The summed E-state index contributed by atoms with van der Waals surface area (Å²) >= 11 is 11.8. The lowest BCUT2D eigenvalue weighted by Crippen LogP contribution is -1.98. The minimum absolute atomic E-state index is 0.469. The van der Waals surface area contributed by atoms with E-state index in [1.807, 2.05) is 13.1 Å². The van der Waals surface area contributed by atoms with Crippen molar-refractivity contribution in [2.75, 3.05) is 5.73 Å². The van der Waals surface area contributed by atoms with Gasteiger partial charge in [0, 0.05) is 12.6 Å². The van der Waals surface area contributed by atoms with Crippen LogP contribution in [0.3, 0.4) is 0 Å². The van der Waals surface area contributed by atoms with Crippen molar-refractivity contribution >= 4 is 29.2 Å². The first-order valence-corrected chi connectivity index (χ1v) is 5.08. The third kappa shape index (κ3) is 1.80. The average molecular weight is 242 g/mol. The van der Waals surface area contributed by atoms with Gasteiger partial charge in [-0.2, -0.15) is 0 Å². The van der Waals surface area contributed by atoms with Crippen molar-refractivity contribution in [2.45, 2.75) is 0 Å². The molecule has 2 aromatic rings. The summed E-state index contributed by atoms with van der Waals surface area (Å²) in [7, 11) is 1.85. The van der Waals surface area contributed by atoms with Gasteiger partial charge in [0.25, 0.3) is 0 Å². The van der Waals surface area contributed by atoms with Gasteiger partial charge in [-0.1, -0.05) is 29.3 Å². The molecule has 1 heterocycles. The van der Waals surface area contributed by atoms with Crippen molar-refractivity contribution in [3.63, 3.8) is 0 Å². The molecule has 0 atom stereocenters. The SMILES string of the molecule is Cn1c(-c2ccc(Cl)c(Cl)c2)cnc1N. The van der Waals surface area contributed by atoms with E-state index in [0.717, 1.165) is 11.3 Å². The van der Waals surface area contributed by atoms with E-state index in [0.29, 0.717) is 16.0 Å². The fraction of sp³-hybridized carbons (Fsp3) is 0.100. The zero-order valence-electron chi connectivity index (χ0n) is 8.04. The second kappa shape index (κ2) is 3.76. The molecule has 3 nitrogen and oxygen atoms in total. The molecule has 78 valence electrons. The Morgan fingerprint density at radius 3 is 2.53 bits per heavy atom. The monoisotopic (exact) mass is 241 g/mol. The fourth-order valence-corrected chi connectivity index (χ4v) is 1.65. The normalized spacial score (nSPS) is 10.6. The van der Waals surface area contributed by atoms with Gasteiger partial charge >= 0.3 is 0 Å². The Kier molecular flexibility index (Phi) is 2.59. The molecular formula is C10H9Cl2N3. The van der Waals surface area contributed by atoms with Gasteiger partial charge in [0.1, 0.15) is 0 Å². The van der Waals surface area contributed by atoms with Crippen LogP contribution in [0.1, 0.15) is 0 Å². The van der Waals surface area contributed by atoms with Crippen molar-refractivity contribution in [3.8, 4) is 11.3 Å². The second-order valence-electron chi connectivity index (χ2n) is 3.19. The highest BCUT2D eigenvalue weighted by molar-refractivity contribution is 6.42.